The normalized spacial score (nSPS) is 10.7. The standard InChI is InChI=1S/C18H21BrFN5O.HI/c1-25(2)17(26)12-24-18(22-10-13-5-7-14(19)8-6-13)23-11-16-15(20)4-3-9-21-16;/h3-9H,10-12H2,1-2H3,(H2,22,23,24);1H. The van der Waals surface area contributed by atoms with Crippen molar-refractivity contribution in [3.8, 4) is 0 Å². The van der Waals surface area contributed by atoms with Gasteiger partial charge >= 0.3 is 0 Å². The first-order valence-electron chi connectivity index (χ1n) is 8.02. The summed E-state index contributed by atoms with van der Waals surface area (Å²) in [5, 5.41) is 5.97. The van der Waals surface area contributed by atoms with Gasteiger partial charge in [0.15, 0.2) is 5.96 Å². The van der Waals surface area contributed by atoms with E-state index in [2.05, 4.69) is 36.5 Å². The van der Waals surface area contributed by atoms with Crippen LogP contribution in [0.25, 0.3) is 0 Å². The predicted molar refractivity (Wildman–Crippen MR) is 118 cm³/mol. The molecule has 0 fully saturated rings. The van der Waals surface area contributed by atoms with Crippen molar-refractivity contribution in [3.05, 3.63) is 64.1 Å². The number of guanidine groups is 1. The zero-order chi connectivity index (χ0) is 18.9. The lowest BCUT2D eigenvalue weighted by Gasteiger charge is -2.15. The Morgan fingerprint density at radius 2 is 1.93 bits per heavy atom. The average molecular weight is 550 g/mol. The maximum absolute atomic E-state index is 13.7. The molecule has 146 valence electrons. The molecule has 0 atom stereocenters. The number of nitrogens with one attached hydrogen (secondary N) is 2. The quantitative estimate of drug-likeness (QED) is 0.330. The van der Waals surface area contributed by atoms with Gasteiger partial charge in [-0.3, -0.25) is 9.78 Å². The van der Waals surface area contributed by atoms with Crippen LogP contribution in [-0.2, 0) is 17.9 Å². The van der Waals surface area contributed by atoms with E-state index in [9.17, 15) is 9.18 Å². The van der Waals surface area contributed by atoms with Gasteiger partial charge in [-0.15, -0.1) is 24.0 Å². The summed E-state index contributed by atoms with van der Waals surface area (Å²) < 4.78 is 14.7. The number of amides is 1. The first kappa shape index (κ1) is 23.3. The number of hydrogen-bond acceptors (Lipinski definition) is 3. The van der Waals surface area contributed by atoms with E-state index in [-0.39, 0.29) is 48.7 Å². The van der Waals surface area contributed by atoms with Gasteiger partial charge in [-0.1, -0.05) is 28.1 Å². The van der Waals surface area contributed by atoms with Gasteiger partial charge in [0.05, 0.1) is 25.3 Å². The Labute approximate surface area is 183 Å². The molecule has 2 N–H and O–H groups in total. The fraction of sp³-hybridized carbons (Fsp3) is 0.278. The van der Waals surface area contributed by atoms with Crippen molar-refractivity contribution in [3.63, 3.8) is 0 Å². The number of carbonyl (C=O) groups excluding carboxylic acids is 1. The van der Waals surface area contributed by atoms with Crippen LogP contribution < -0.4 is 10.6 Å². The van der Waals surface area contributed by atoms with Gasteiger partial charge in [-0.2, -0.15) is 0 Å². The van der Waals surface area contributed by atoms with E-state index in [0.717, 1.165) is 10.0 Å². The van der Waals surface area contributed by atoms with Crippen molar-refractivity contribution < 1.29 is 9.18 Å². The Morgan fingerprint density at radius 1 is 1.22 bits per heavy atom. The largest absolute Gasteiger partial charge is 0.351 e. The molecule has 1 aromatic carbocycles. The number of likely N-dealkylation sites (N-methyl/N-ethyl adjacent to an activating group) is 1. The number of halogens is 3. The number of rotatable bonds is 6. The second-order valence-electron chi connectivity index (χ2n) is 5.72. The van der Waals surface area contributed by atoms with E-state index in [1.54, 1.807) is 14.1 Å². The van der Waals surface area contributed by atoms with Crippen LogP contribution in [0.1, 0.15) is 11.3 Å². The van der Waals surface area contributed by atoms with Crippen molar-refractivity contribution >= 4 is 51.8 Å². The first-order valence-corrected chi connectivity index (χ1v) is 8.81. The molecule has 0 saturated heterocycles. The van der Waals surface area contributed by atoms with E-state index in [0.29, 0.717) is 12.5 Å². The van der Waals surface area contributed by atoms with E-state index in [1.165, 1.54) is 23.2 Å². The Hall–Kier alpha value is -1.75. The number of pyridine rings is 1. The molecule has 1 aromatic heterocycles. The summed E-state index contributed by atoms with van der Waals surface area (Å²) in [7, 11) is 3.36. The Kier molecular flexibility index (Phi) is 10.2. The highest BCUT2D eigenvalue weighted by Gasteiger charge is 2.08. The Bertz CT molecular complexity index is 771. The number of aromatic nitrogens is 1. The summed E-state index contributed by atoms with van der Waals surface area (Å²) in [5.74, 6) is -0.0723. The number of benzene rings is 1. The first-order chi connectivity index (χ1) is 12.5. The fourth-order valence-electron chi connectivity index (χ4n) is 1.97. The molecule has 0 bridgehead atoms. The third kappa shape index (κ3) is 8.21. The molecule has 0 radical (unpaired) electrons. The van der Waals surface area contributed by atoms with Gasteiger partial charge in [-0.05, 0) is 29.8 Å². The number of hydrogen-bond donors (Lipinski definition) is 2. The lowest BCUT2D eigenvalue weighted by atomic mass is 10.2. The maximum Gasteiger partial charge on any atom is 0.241 e. The van der Waals surface area contributed by atoms with Gasteiger partial charge in [0.25, 0.3) is 0 Å². The molecule has 0 aliphatic heterocycles. The molecule has 27 heavy (non-hydrogen) atoms. The Balaban J connectivity index is 0.00000364. The summed E-state index contributed by atoms with van der Waals surface area (Å²) in [5.41, 5.74) is 1.29. The lowest BCUT2D eigenvalue weighted by Crippen LogP contribution is -2.42. The molecule has 0 aliphatic carbocycles. The molecule has 0 unspecified atom stereocenters. The highest BCUT2D eigenvalue weighted by molar-refractivity contribution is 14.0. The van der Waals surface area contributed by atoms with Crippen LogP contribution in [0.15, 0.2) is 52.1 Å². The summed E-state index contributed by atoms with van der Waals surface area (Å²) in [4.78, 5) is 21.7. The topological polar surface area (TPSA) is 69.6 Å². The van der Waals surface area contributed by atoms with Crippen molar-refractivity contribution in [2.24, 2.45) is 4.99 Å². The lowest BCUT2D eigenvalue weighted by molar-refractivity contribution is -0.127. The average Bonchev–Trinajstić information content (AvgIpc) is 2.63. The molecule has 6 nitrogen and oxygen atoms in total. The Morgan fingerprint density at radius 3 is 2.56 bits per heavy atom. The third-order valence-electron chi connectivity index (χ3n) is 3.50. The third-order valence-corrected chi connectivity index (χ3v) is 4.03. The SMILES string of the molecule is CN(C)C(=O)CNC(=NCc1ccc(Br)cc1)NCc1ncccc1F.I. The number of aliphatic imine (C=N–C) groups is 1. The van der Waals surface area contributed by atoms with Crippen LogP contribution in [0.2, 0.25) is 0 Å². The van der Waals surface area contributed by atoms with Crippen LogP contribution in [0, 0.1) is 5.82 Å². The summed E-state index contributed by atoms with van der Waals surface area (Å²) in [6.07, 6.45) is 1.53. The highest BCUT2D eigenvalue weighted by atomic mass is 127. The smallest absolute Gasteiger partial charge is 0.241 e. The minimum atomic E-state index is -0.392. The van der Waals surface area contributed by atoms with E-state index in [1.807, 2.05) is 24.3 Å². The molecule has 0 spiro atoms. The maximum atomic E-state index is 13.7. The highest BCUT2D eigenvalue weighted by Crippen LogP contribution is 2.11. The predicted octanol–water partition coefficient (Wildman–Crippen LogP) is 2.92. The second kappa shape index (κ2) is 11.9. The number of nitrogens with zero attached hydrogens (tertiary/aromatic N) is 3. The molecule has 0 aliphatic rings. The van der Waals surface area contributed by atoms with Gasteiger partial charge in [0, 0.05) is 24.8 Å². The fourth-order valence-corrected chi connectivity index (χ4v) is 2.23. The van der Waals surface area contributed by atoms with Gasteiger partial charge < -0.3 is 15.5 Å². The zero-order valence-electron chi connectivity index (χ0n) is 15.1. The van der Waals surface area contributed by atoms with Crippen molar-refractivity contribution in [1.82, 2.24) is 20.5 Å². The van der Waals surface area contributed by atoms with Gasteiger partial charge in [0.1, 0.15) is 5.82 Å². The van der Waals surface area contributed by atoms with Crippen molar-refractivity contribution in [1.29, 1.82) is 0 Å². The van der Waals surface area contributed by atoms with Crippen LogP contribution in [0.3, 0.4) is 0 Å². The van der Waals surface area contributed by atoms with E-state index < -0.39 is 5.82 Å². The van der Waals surface area contributed by atoms with Crippen LogP contribution in [0.4, 0.5) is 4.39 Å². The second-order valence-corrected chi connectivity index (χ2v) is 6.63. The molecular weight excluding hydrogens is 528 g/mol. The summed E-state index contributed by atoms with van der Waals surface area (Å²) in [6.45, 7) is 0.669. The minimum Gasteiger partial charge on any atom is -0.351 e. The van der Waals surface area contributed by atoms with Crippen LogP contribution in [0.5, 0.6) is 0 Å². The molecule has 2 rings (SSSR count). The number of carbonyl (C=O) groups is 1. The summed E-state index contributed by atoms with van der Waals surface area (Å²) >= 11 is 3.39. The molecule has 2 aromatic rings. The van der Waals surface area contributed by atoms with Crippen LogP contribution >= 0.6 is 39.9 Å². The van der Waals surface area contributed by atoms with Crippen molar-refractivity contribution in [2.45, 2.75) is 13.1 Å². The molecule has 9 heteroatoms. The van der Waals surface area contributed by atoms with Gasteiger partial charge in [-0.25, -0.2) is 9.38 Å². The minimum absolute atomic E-state index is 0. The molecule has 0 saturated carbocycles. The van der Waals surface area contributed by atoms with Crippen LogP contribution in [-0.4, -0.2) is 42.4 Å². The van der Waals surface area contributed by atoms with Gasteiger partial charge in [0.2, 0.25) is 5.91 Å². The molecule has 1 heterocycles. The monoisotopic (exact) mass is 549 g/mol. The zero-order valence-corrected chi connectivity index (χ0v) is 19.0. The van der Waals surface area contributed by atoms with E-state index in [4.69, 9.17) is 0 Å². The summed E-state index contributed by atoms with van der Waals surface area (Å²) in [6, 6.07) is 10.7. The molecular formula is C18H22BrFIN5O. The van der Waals surface area contributed by atoms with Crippen molar-refractivity contribution in [2.75, 3.05) is 20.6 Å². The van der Waals surface area contributed by atoms with E-state index >= 15 is 0 Å². The molecule has 1 amide bonds.